The molecule has 1 aromatic carbocycles. The topological polar surface area (TPSA) is 3.24 Å². The molecule has 0 radical (unpaired) electrons. The Balaban J connectivity index is 2.03. The quantitative estimate of drug-likeness (QED) is 0.733. The number of hydrogen-bond donors (Lipinski definition) is 0. The van der Waals surface area contributed by atoms with Crippen LogP contribution in [0.25, 0.3) is 0 Å². The maximum atomic E-state index is 12.2. The first-order valence-corrected chi connectivity index (χ1v) is 4.94. The number of likely N-dealkylation sites (tertiary alicyclic amines) is 1. The molecular weight excluding hydrogens is 203 g/mol. The first-order chi connectivity index (χ1) is 7.05. The molecule has 0 saturated carbocycles. The normalized spacial score (nSPS) is 17.5. The summed E-state index contributed by atoms with van der Waals surface area (Å²) in [6.45, 7) is 2.88. The van der Waals surface area contributed by atoms with Crippen LogP contribution in [0.2, 0.25) is 0 Å². The molecule has 0 bridgehead atoms. The van der Waals surface area contributed by atoms with Crippen molar-refractivity contribution in [3.05, 3.63) is 35.4 Å². The molecule has 1 aliphatic rings. The van der Waals surface area contributed by atoms with E-state index in [1.165, 1.54) is 6.42 Å². The third-order valence-corrected chi connectivity index (χ3v) is 2.64. The van der Waals surface area contributed by atoms with E-state index >= 15 is 0 Å². The van der Waals surface area contributed by atoms with E-state index in [1.807, 2.05) is 0 Å². The summed E-state index contributed by atoms with van der Waals surface area (Å²) in [5.41, 5.74) is 0.373. The first-order valence-electron chi connectivity index (χ1n) is 4.94. The molecule has 0 unspecified atom stereocenters. The summed E-state index contributed by atoms with van der Waals surface area (Å²) < 4.78 is 36.7. The molecule has 0 N–H and O–H groups in total. The van der Waals surface area contributed by atoms with E-state index in [0.29, 0.717) is 0 Å². The van der Waals surface area contributed by atoms with Gasteiger partial charge in [0.2, 0.25) is 0 Å². The Morgan fingerprint density at radius 1 is 1.07 bits per heavy atom. The molecule has 1 fully saturated rings. The van der Waals surface area contributed by atoms with Gasteiger partial charge in [-0.15, -0.1) is 0 Å². The molecule has 0 aliphatic carbocycles. The number of halogens is 3. The fourth-order valence-electron chi connectivity index (χ4n) is 1.60. The van der Waals surface area contributed by atoms with Gasteiger partial charge in [-0.05, 0) is 37.2 Å². The zero-order valence-electron chi connectivity index (χ0n) is 8.22. The van der Waals surface area contributed by atoms with E-state index in [-0.39, 0.29) is 0 Å². The van der Waals surface area contributed by atoms with E-state index < -0.39 is 11.7 Å². The van der Waals surface area contributed by atoms with Crippen molar-refractivity contribution < 1.29 is 13.2 Å². The number of alkyl halides is 3. The lowest BCUT2D eigenvalue weighted by Crippen LogP contribution is -2.36. The van der Waals surface area contributed by atoms with Gasteiger partial charge in [0, 0.05) is 6.54 Å². The molecule has 1 aliphatic heterocycles. The van der Waals surface area contributed by atoms with Crippen LogP contribution >= 0.6 is 0 Å². The zero-order chi connectivity index (χ0) is 10.9. The fourth-order valence-corrected chi connectivity index (χ4v) is 1.60. The lowest BCUT2D eigenvalue weighted by atomic mass is 10.1. The van der Waals surface area contributed by atoms with Crippen LogP contribution in [0.15, 0.2) is 24.3 Å². The molecule has 1 heterocycles. The average Bonchev–Trinajstić information content (AvgIpc) is 2.11. The van der Waals surface area contributed by atoms with Gasteiger partial charge in [-0.2, -0.15) is 13.2 Å². The number of rotatable bonds is 2. The second-order valence-corrected chi connectivity index (χ2v) is 3.82. The van der Waals surface area contributed by atoms with Crippen molar-refractivity contribution in [3.63, 3.8) is 0 Å². The highest BCUT2D eigenvalue weighted by molar-refractivity contribution is 5.24. The highest BCUT2D eigenvalue weighted by Gasteiger charge is 2.30. The fraction of sp³-hybridized carbons (Fsp3) is 0.455. The van der Waals surface area contributed by atoms with Gasteiger partial charge in [0.1, 0.15) is 0 Å². The van der Waals surface area contributed by atoms with Crippen LogP contribution in [0.4, 0.5) is 13.2 Å². The molecule has 1 nitrogen and oxygen atoms in total. The van der Waals surface area contributed by atoms with Crippen LogP contribution in [0.3, 0.4) is 0 Å². The van der Waals surface area contributed by atoms with Gasteiger partial charge in [-0.3, -0.25) is 4.90 Å². The van der Waals surface area contributed by atoms with E-state index in [0.717, 1.165) is 37.3 Å². The number of hydrogen-bond acceptors (Lipinski definition) is 1. The van der Waals surface area contributed by atoms with Crippen LogP contribution in [0, 0.1) is 0 Å². The Kier molecular flexibility index (Phi) is 2.69. The highest BCUT2D eigenvalue weighted by Crippen LogP contribution is 2.29. The van der Waals surface area contributed by atoms with Gasteiger partial charge in [-0.25, -0.2) is 0 Å². The number of nitrogens with zero attached hydrogens (tertiary/aromatic N) is 1. The lowest BCUT2D eigenvalue weighted by molar-refractivity contribution is -0.137. The summed E-state index contributed by atoms with van der Waals surface area (Å²) >= 11 is 0. The van der Waals surface area contributed by atoms with E-state index in [2.05, 4.69) is 4.90 Å². The minimum atomic E-state index is -4.23. The molecule has 0 aromatic heterocycles. The van der Waals surface area contributed by atoms with Gasteiger partial charge in [0.25, 0.3) is 0 Å². The van der Waals surface area contributed by atoms with Crippen LogP contribution in [0.1, 0.15) is 17.5 Å². The molecule has 0 spiro atoms. The van der Waals surface area contributed by atoms with Crippen molar-refractivity contribution >= 4 is 0 Å². The molecule has 82 valence electrons. The Bertz CT molecular complexity index is 325. The monoisotopic (exact) mass is 215 g/mol. The van der Waals surface area contributed by atoms with Crippen molar-refractivity contribution in [1.82, 2.24) is 4.90 Å². The second-order valence-electron chi connectivity index (χ2n) is 3.82. The van der Waals surface area contributed by atoms with Crippen molar-refractivity contribution in [3.8, 4) is 0 Å². The van der Waals surface area contributed by atoms with Crippen LogP contribution < -0.4 is 0 Å². The van der Waals surface area contributed by atoms with Gasteiger partial charge < -0.3 is 0 Å². The Labute approximate surface area is 86.5 Å². The lowest BCUT2D eigenvalue weighted by Gasteiger charge is -2.30. The molecule has 4 heteroatoms. The molecule has 1 saturated heterocycles. The first kappa shape index (κ1) is 10.5. The summed E-state index contributed by atoms with van der Waals surface area (Å²) in [7, 11) is 0. The van der Waals surface area contributed by atoms with E-state index in [1.54, 1.807) is 12.1 Å². The largest absolute Gasteiger partial charge is 0.416 e. The summed E-state index contributed by atoms with van der Waals surface area (Å²) in [6, 6.07) is 5.41. The van der Waals surface area contributed by atoms with Gasteiger partial charge in [0.05, 0.1) is 5.56 Å². The Hall–Kier alpha value is -1.03. The minimum Gasteiger partial charge on any atom is -0.299 e. The van der Waals surface area contributed by atoms with Gasteiger partial charge >= 0.3 is 6.18 Å². The molecule has 15 heavy (non-hydrogen) atoms. The molecule has 0 atom stereocenters. The maximum absolute atomic E-state index is 12.2. The predicted octanol–water partition coefficient (Wildman–Crippen LogP) is 2.91. The third-order valence-electron chi connectivity index (χ3n) is 2.64. The van der Waals surface area contributed by atoms with Crippen molar-refractivity contribution in [1.29, 1.82) is 0 Å². The number of benzene rings is 1. The van der Waals surface area contributed by atoms with Crippen molar-refractivity contribution in [2.45, 2.75) is 19.1 Å². The predicted molar refractivity (Wildman–Crippen MR) is 51.3 cm³/mol. The van der Waals surface area contributed by atoms with Crippen LogP contribution in [-0.2, 0) is 12.7 Å². The SMILES string of the molecule is FC(F)(F)c1ccc(CN2CCC2)cc1. The molecule has 0 amide bonds. The molecule has 1 aromatic rings. The summed E-state index contributed by atoms with van der Waals surface area (Å²) in [5.74, 6) is 0. The average molecular weight is 215 g/mol. The smallest absolute Gasteiger partial charge is 0.299 e. The maximum Gasteiger partial charge on any atom is 0.416 e. The summed E-state index contributed by atoms with van der Waals surface area (Å²) in [5, 5.41) is 0. The highest BCUT2D eigenvalue weighted by atomic mass is 19.4. The van der Waals surface area contributed by atoms with Crippen LogP contribution in [-0.4, -0.2) is 18.0 Å². The Morgan fingerprint density at radius 3 is 2.07 bits per heavy atom. The van der Waals surface area contributed by atoms with E-state index in [9.17, 15) is 13.2 Å². The van der Waals surface area contributed by atoms with Crippen LogP contribution in [0.5, 0.6) is 0 Å². The summed E-state index contributed by atoms with van der Waals surface area (Å²) in [4.78, 5) is 2.21. The molecular formula is C11H12F3N. The van der Waals surface area contributed by atoms with Crippen molar-refractivity contribution in [2.24, 2.45) is 0 Å². The minimum absolute atomic E-state index is 0.574. The van der Waals surface area contributed by atoms with Crippen molar-refractivity contribution in [2.75, 3.05) is 13.1 Å². The third kappa shape index (κ3) is 2.50. The zero-order valence-corrected chi connectivity index (χ0v) is 8.22. The van der Waals surface area contributed by atoms with Gasteiger partial charge in [-0.1, -0.05) is 12.1 Å². The second kappa shape index (κ2) is 3.85. The summed E-state index contributed by atoms with van der Waals surface area (Å²) in [6.07, 6.45) is -3.03. The Morgan fingerprint density at radius 2 is 1.67 bits per heavy atom. The molecule has 2 rings (SSSR count). The van der Waals surface area contributed by atoms with E-state index in [4.69, 9.17) is 0 Å². The standard InChI is InChI=1S/C11H12F3N/c12-11(13,14)10-4-2-9(3-5-10)8-15-6-1-7-15/h2-5H,1,6-8H2. The van der Waals surface area contributed by atoms with Gasteiger partial charge in [0.15, 0.2) is 0 Å².